The quantitative estimate of drug-likeness (QED) is 0.626. The van der Waals surface area contributed by atoms with Crippen LogP contribution in [-0.4, -0.2) is 38.0 Å². The number of aliphatic hydroxyl groups excluding tert-OH is 1. The van der Waals surface area contributed by atoms with Crippen molar-refractivity contribution in [3.63, 3.8) is 0 Å². The zero-order valence-electron chi connectivity index (χ0n) is 8.91. The summed E-state index contributed by atoms with van der Waals surface area (Å²) in [5, 5.41) is 12.7. The Kier molecular flexibility index (Phi) is 5.83. The van der Waals surface area contributed by atoms with Gasteiger partial charge < -0.3 is 15.2 Å². The molecule has 1 aliphatic rings. The first-order chi connectivity index (χ1) is 6.83. The highest BCUT2D eigenvalue weighted by Gasteiger charge is 2.10. The van der Waals surface area contributed by atoms with Crippen LogP contribution in [-0.2, 0) is 4.74 Å². The maximum atomic E-state index is 9.38. The molecule has 3 nitrogen and oxygen atoms in total. The van der Waals surface area contributed by atoms with Crippen molar-refractivity contribution in [2.24, 2.45) is 5.92 Å². The number of rotatable bonds is 6. The van der Waals surface area contributed by atoms with Crippen LogP contribution in [0.4, 0.5) is 0 Å². The first-order valence-corrected chi connectivity index (χ1v) is 5.35. The molecule has 2 N–H and O–H groups in total. The van der Waals surface area contributed by atoms with Gasteiger partial charge in [0.05, 0.1) is 12.7 Å². The lowest BCUT2D eigenvalue weighted by molar-refractivity contribution is 0.0639. The predicted molar refractivity (Wildman–Crippen MR) is 57.2 cm³/mol. The third-order valence-electron chi connectivity index (χ3n) is 2.55. The van der Waals surface area contributed by atoms with Gasteiger partial charge in [0.2, 0.25) is 0 Å². The summed E-state index contributed by atoms with van der Waals surface area (Å²) in [6, 6.07) is 0. The van der Waals surface area contributed by atoms with Crippen LogP contribution in [0.1, 0.15) is 19.3 Å². The van der Waals surface area contributed by atoms with E-state index in [-0.39, 0.29) is 6.10 Å². The molecule has 0 bridgehead atoms. The molecule has 0 radical (unpaired) electrons. The molecule has 82 valence electrons. The van der Waals surface area contributed by atoms with E-state index in [0.717, 1.165) is 12.5 Å². The van der Waals surface area contributed by atoms with E-state index in [2.05, 4.69) is 17.5 Å². The second-order valence-electron chi connectivity index (χ2n) is 3.92. The van der Waals surface area contributed by atoms with E-state index in [9.17, 15) is 5.11 Å². The zero-order valence-corrected chi connectivity index (χ0v) is 8.91. The van der Waals surface area contributed by atoms with E-state index in [0.29, 0.717) is 13.2 Å². The number of nitrogens with one attached hydrogen (secondary N) is 1. The standard InChI is InChI=1S/C11H21NO2/c1-14-9-11(13)8-12-7-10-5-3-2-4-6-10/h2-3,10-13H,4-9H2,1H3. The van der Waals surface area contributed by atoms with E-state index in [1.807, 2.05) is 0 Å². The number of hydrogen-bond donors (Lipinski definition) is 2. The van der Waals surface area contributed by atoms with Gasteiger partial charge in [-0.2, -0.15) is 0 Å². The number of allylic oxidation sites excluding steroid dienone is 2. The SMILES string of the molecule is COCC(O)CNCC1CC=CCC1. The van der Waals surface area contributed by atoms with Crippen LogP contribution >= 0.6 is 0 Å². The summed E-state index contributed by atoms with van der Waals surface area (Å²) in [5.74, 6) is 0.745. The summed E-state index contributed by atoms with van der Waals surface area (Å²) in [4.78, 5) is 0. The molecule has 0 spiro atoms. The Morgan fingerprint density at radius 2 is 2.43 bits per heavy atom. The van der Waals surface area contributed by atoms with E-state index in [4.69, 9.17) is 4.74 Å². The number of methoxy groups -OCH3 is 1. The molecule has 0 fully saturated rings. The zero-order chi connectivity index (χ0) is 10.2. The van der Waals surface area contributed by atoms with Crippen molar-refractivity contribution in [1.82, 2.24) is 5.32 Å². The smallest absolute Gasteiger partial charge is 0.0897 e. The maximum absolute atomic E-state index is 9.38. The lowest BCUT2D eigenvalue weighted by Crippen LogP contribution is -2.33. The lowest BCUT2D eigenvalue weighted by atomic mass is 9.94. The van der Waals surface area contributed by atoms with Crippen molar-refractivity contribution in [2.75, 3.05) is 26.8 Å². The average molecular weight is 199 g/mol. The molecule has 1 rings (SSSR count). The molecule has 0 heterocycles. The molecule has 2 atom stereocenters. The van der Waals surface area contributed by atoms with E-state index in [1.54, 1.807) is 7.11 Å². The van der Waals surface area contributed by atoms with Crippen LogP contribution in [0.25, 0.3) is 0 Å². The van der Waals surface area contributed by atoms with Gasteiger partial charge in [-0.3, -0.25) is 0 Å². The molecule has 0 aliphatic heterocycles. The highest BCUT2D eigenvalue weighted by atomic mass is 16.5. The van der Waals surface area contributed by atoms with Gasteiger partial charge in [0.1, 0.15) is 0 Å². The minimum Gasteiger partial charge on any atom is -0.389 e. The largest absolute Gasteiger partial charge is 0.389 e. The molecular formula is C11H21NO2. The Hall–Kier alpha value is -0.380. The van der Waals surface area contributed by atoms with Crippen LogP contribution < -0.4 is 5.32 Å². The molecule has 2 unspecified atom stereocenters. The predicted octanol–water partition coefficient (Wildman–Crippen LogP) is 0.940. The van der Waals surface area contributed by atoms with Crippen molar-refractivity contribution in [1.29, 1.82) is 0 Å². The fourth-order valence-electron chi connectivity index (χ4n) is 1.75. The summed E-state index contributed by atoms with van der Waals surface area (Å²) >= 11 is 0. The summed E-state index contributed by atoms with van der Waals surface area (Å²) < 4.78 is 4.84. The minimum absolute atomic E-state index is 0.376. The molecule has 1 aliphatic carbocycles. The molecule has 14 heavy (non-hydrogen) atoms. The van der Waals surface area contributed by atoms with Gasteiger partial charge >= 0.3 is 0 Å². The van der Waals surface area contributed by atoms with Crippen molar-refractivity contribution in [2.45, 2.75) is 25.4 Å². The third kappa shape index (κ3) is 4.74. The van der Waals surface area contributed by atoms with Crippen molar-refractivity contribution >= 4 is 0 Å². The molecule has 0 aromatic carbocycles. The first kappa shape index (κ1) is 11.7. The van der Waals surface area contributed by atoms with E-state index >= 15 is 0 Å². The lowest BCUT2D eigenvalue weighted by Gasteiger charge is -2.19. The van der Waals surface area contributed by atoms with Crippen LogP contribution in [0.5, 0.6) is 0 Å². The van der Waals surface area contributed by atoms with Gasteiger partial charge in [0, 0.05) is 13.7 Å². The second-order valence-corrected chi connectivity index (χ2v) is 3.92. The molecule has 0 saturated carbocycles. The molecule has 3 heteroatoms. The van der Waals surface area contributed by atoms with Gasteiger partial charge in [-0.15, -0.1) is 0 Å². The average Bonchev–Trinajstić information content (AvgIpc) is 2.20. The highest BCUT2D eigenvalue weighted by Crippen LogP contribution is 2.16. The minimum atomic E-state index is -0.376. The Balaban J connectivity index is 2.00. The maximum Gasteiger partial charge on any atom is 0.0897 e. The first-order valence-electron chi connectivity index (χ1n) is 5.35. The monoisotopic (exact) mass is 199 g/mol. The topological polar surface area (TPSA) is 41.5 Å². The van der Waals surface area contributed by atoms with Gasteiger partial charge in [-0.05, 0) is 31.7 Å². The normalized spacial score (nSPS) is 23.7. The fraction of sp³-hybridized carbons (Fsp3) is 0.818. The molecule has 0 aromatic rings. The van der Waals surface area contributed by atoms with Crippen molar-refractivity contribution in [3.05, 3.63) is 12.2 Å². The van der Waals surface area contributed by atoms with Gasteiger partial charge in [-0.1, -0.05) is 12.2 Å². The summed E-state index contributed by atoms with van der Waals surface area (Å²) in [6.45, 7) is 2.05. The molecule has 0 aromatic heterocycles. The summed E-state index contributed by atoms with van der Waals surface area (Å²) in [7, 11) is 1.61. The van der Waals surface area contributed by atoms with Crippen LogP contribution in [0, 0.1) is 5.92 Å². The molecular weight excluding hydrogens is 178 g/mol. The van der Waals surface area contributed by atoms with Crippen LogP contribution in [0.15, 0.2) is 12.2 Å². The number of hydrogen-bond acceptors (Lipinski definition) is 3. The van der Waals surface area contributed by atoms with Crippen molar-refractivity contribution in [3.8, 4) is 0 Å². The Morgan fingerprint density at radius 1 is 1.57 bits per heavy atom. The third-order valence-corrected chi connectivity index (χ3v) is 2.55. The van der Waals surface area contributed by atoms with E-state index < -0.39 is 0 Å². The molecule has 0 saturated heterocycles. The number of ether oxygens (including phenoxy) is 1. The Morgan fingerprint density at radius 3 is 3.07 bits per heavy atom. The van der Waals surface area contributed by atoms with Crippen LogP contribution in [0.2, 0.25) is 0 Å². The Labute approximate surface area is 86.2 Å². The van der Waals surface area contributed by atoms with E-state index in [1.165, 1.54) is 19.3 Å². The van der Waals surface area contributed by atoms with Crippen LogP contribution in [0.3, 0.4) is 0 Å². The summed E-state index contributed by atoms with van der Waals surface area (Å²) in [6.07, 6.45) is 7.76. The van der Waals surface area contributed by atoms with Crippen molar-refractivity contribution < 1.29 is 9.84 Å². The fourth-order valence-corrected chi connectivity index (χ4v) is 1.75. The van der Waals surface area contributed by atoms with Gasteiger partial charge in [-0.25, -0.2) is 0 Å². The van der Waals surface area contributed by atoms with Gasteiger partial charge in [0.25, 0.3) is 0 Å². The highest BCUT2D eigenvalue weighted by molar-refractivity contribution is 4.90. The number of aliphatic hydroxyl groups is 1. The molecule has 0 amide bonds. The summed E-state index contributed by atoms with van der Waals surface area (Å²) in [5.41, 5.74) is 0. The Bertz CT molecular complexity index is 171. The van der Waals surface area contributed by atoms with Gasteiger partial charge in [0.15, 0.2) is 0 Å². The second kappa shape index (κ2) is 6.98.